The van der Waals surface area contributed by atoms with Crippen LogP contribution in [0.15, 0.2) is 28.1 Å². The van der Waals surface area contributed by atoms with Crippen molar-refractivity contribution in [1.29, 1.82) is 0 Å². The van der Waals surface area contributed by atoms with Gasteiger partial charge in [0.1, 0.15) is 5.01 Å². The molecule has 0 saturated carbocycles. The van der Waals surface area contributed by atoms with E-state index in [2.05, 4.69) is 20.9 Å². The largest absolute Gasteiger partial charge is 0.325 e. The summed E-state index contributed by atoms with van der Waals surface area (Å²) in [5, 5.41) is 1.65. The quantitative estimate of drug-likeness (QED) is 0.919. The molecule has 0 fully saturated rings. The minimum absolute atomic E-state index is 0.469. The molecule has 0 atom stereocenters. The Bertz CT molecular complexity index is 467. The SMILES string of the molecule is NCc1nc(-c2ccc(Cl)cc2)c(Br)s1. The molecule has 2 nitrogen and oxygen atoms in total. The van der Waals surface area contributed by atoms with E-state index in [1.54, 1.807) is 11.3 Å². The zero-order valence-corrected chi connectivity index (χ0v) is 10.9. The predicted molar refractivity (Wildman–Crippen MR) is 68.2 cm³/mol. The first-order chi connectivity index (χ1) is 7.20. The van der Waals surface area contributed by atoms with Gasteiger partial charge in [-0.05, 0) is 28.1 Å². The van der Waals surface area contributed by atoms with Gasteiger partial charge in [-0.1, -0.05) is 23.7 Å². The zero-order valence-electron chi connectivity index (χ0n) is 7.71. The number of hydrogen-bond acceptors (Lipinski definition) is 3. The highest BCUT2D eigenvalue weighted by molar-refractivity contribution is 9.11. The van der Waals surface area contributed by atoms with Crippen LogP contribution in [0, 0.1) is 0 Å². The zero-order chi connectivity index (χ0) is 10.8. The molecule has 0 unspecified atom stereocenters. The lowest BCUT2D eigenvalue weighted by Crippen LogP contribution is -1.94. The maximum atomic E-state index is 5.82. The fourth-order valence-corrected chi connectivity index (χ4v) is 2.91. The van der Waals surface area contributed by atoms with Crippen molar-refractivity contribution in [2.75, 3.05) is 0 Å². The molecule has 0 bridgehead atoms. The van der Waals surface area contributed by atoms with Crippen LogP contribution in [-0.4, -0.2) is 4.98 Å². The smallest absolute Gasteiger partial charge is 0.108 e. The highest BCUT2D eigenvalue weighted by Gasteiger charge is 2.09. The van der Waals surface area contributed by atoms with E-state index < -0.39 is 0 Å². The van der Waals surface area contributed by atoms with Crippen molar-refractivity contribution in [3.63, 3.8) is 0 Å². The van der Waals surface area contributed by atoms with Crippen molar-refractivity contribution in [2.45, 2.75) is 6.54 Å². The summed E-state index contributed by atoms with van der Waals surface area (Å²) in [6.45, 7) is 0.469. The van der Waals surface area contributed by atoms with Gasteiger partial charge in [0, 0.05) is 17.1 Å². The highest BCUT2D eigenvalue weighted by Crippen LogP contribution is 2.33. The van der Waals surface area contributed by atoms with Crippen molar-refractivity contribution in [3.8, 4) is 11.3 Å². The monoisotopic (exact) mass is 302 g/mol. The van der Waals surface area contributed by atoms with Crippen molar-refractivity contribution in [1.82, 2.24) is 4.98 Å². The van der Waals surface area contributed by atoms with Crippen LogP contribution in [0.3, 0.4) is 0 Å². The normalized spacial score (nSPS) is 10.6. The Labute approximate surface area is 105 Å². The maximum Gasteiger partial charge on any atom is 0.108 e. The van der Waals surface area contributed by atoms with Gasteiger partial charge in [0.15, 0.2) is 0 Å². The summed E-state index contributed by atoms with van der Waals surface area (Å²) in [7, 11) is 0. The summed E-state index contributed by atoms with van der Waals surface area (Å²) in [4.78, 5) is 4.43. The van der Waals surface area contributed by atoms with Gasteiger partial charge in [-0.3, -0.25) is 0 Å². The summed E-state index contributed by atoms with van der Waals surface area (Å²) < 4.78 is 1.00. The van der Waals surface area contributed by atoms with Gasteiger partial charge in [0.25, 0.3) is 0 Å². The molecule has 1 aromatic heterocycles. The predicted octanol–water partition coefficient (Wildman–Crippen LogP) is 3.68. The molecule has 15 heavy (non-hydrogen) atoms. The Hall–Kier alpha value is -0.420. The van der Waals surface area contributed by atoms with Gasteiger partial charge in [-0.2, -0.15) is 0 Å². The second-order valence-electron chi connectivity index (χ2n) is 2.94. The first kappa shape index (κ1) is 11.1. The molecule has 2 N–H and O–H groups in total. The van der Waals surface area contributed by atoms with E-state index in [0.717, 1.165) is 25.1 Å². The molecule has 5 heteroatoms. The number of aromatic nitrogens is 1. The Morgan fingerprint density at radius 2 is 2.00 bits per heavy atom. The average Bonchev–Trinajstić information content (AvgIpc) is 2.61. The number of benzene rings is 1. The molecule has 0 radical (unpaired) electrons. The van der Waals surface area contributed by atoms with Gasteiger partial charge in [0.2, 0.25) is 0 Å². The third kappa shape index (κ3) is 2.39. The van der Waals surface area contributed by atoms with Crippen molar-refractivity contribution >= 4 is 38.9 Å². The molecule has 78 valence electrons. The van der Waals surface area contributed by atoms with Crippen LogP contribution >= 0.6 is 38.9 Å². The fraction of sp³-hybridized carbons (Fsp3) is 0.100. The van der Waals surface area contributed by atoms with Crippen LogP contribution in [0.1, 0.15) is 5.01 Å². The first-order valence-corrected chi connectivity index (χ1v) is 6.30. The van der Waals surface area contributed by atoms with Crippen molar-refractivity contribution < 1.29 is 0 Å². The lowest BCUT2D eigenvalue weighted by atomic mass is 10.2. The molecule has 0 aliphatic rings. The van der Waals surface area contributed by atoms with Crippen LogP contribution in [0.5, 0.6) is 0 Å². The van der Waals surface area contributed by atoms with E-state index in [9.17, 15) is 0 Å². The van der Waals surface area contributed by atoms with Gasteiger partial charge in [-0.25, -0.2) is 4.98 Å². The molecular weight excluding hydrogens is 296 g/mol. The summed E-state index contributed by atoms with van der Waals surface area (Å²) >= 11 is 10.9. The van der Waals surface area contributed by atoms with Crippen molar-refractivity contribution in [3.05, 3.63) is 38.1 Å². The second-order valence-corrected chi connectivity index (χ2v) is 5.78. The van der Waals surface area contributed by atoms with Gasteiger partial charge >= 0.3 is 0 Å². The minimum Gasteiger partial charge on any atom is -0.325 e. The number of nitrogens with two attached hydrogens (primary N) is 1. The summed E-state index contributed by atoms with van der Waals surface area (Å²) in [5.74, 6) is 0. The van der Waals surface area contributed by atoms with E-state index in [1.807, 2.05) is 24.3 Å². The van der Waals surface area contributed by atoms with Crippen LogP contribution in [-0.2, 0) is 6.54 Å². The molecule has 2 aromatic rings. The molecule has 0 amide bonds. The van der Waals surface area contributed by atoms with Gasteiger partial charge in [0.05, 0.1) is 9.48 Å². The number of nitrogens with zero attached hydrogens (tertiary/aromatic N) is 1. The molecule has 0 aliphatic heterocycles. The third-order valence-electron chi connectivity index (χ3n) is 1.92. The number of rotatable bonds is 2. The molecule has 0 saturated heterocycles. The molecule has 2 rings (SSSR count). The minimum atomic E-state index is 0.469. The maximum absolute atomic E-state index is 5.82. The average molecular weight is 304 g/mol. The lowest BCUT2D eigenvalue weighted by molar-refractivity contribution is 1.04. The molecular formula is C10H8BrClN2S. The van der Waals surface area contributed by atoms with Gasteiger partial charge in [-0.15, -0.1) is 11.3 Å². The van der Waals surface area contributed by atoms with E-state index in [1.165, 1.54) is 0 Å². The van der Waals surface area contributed by atoms with Crippen LogP contribution in [0.4, 0.5) is 0 Å². The molecule has 0 aliphatic carbocycles. The van der Waals surface area contributed by atoms with E-state index >= 15 is 0 Å². The molecule has 1 heterocycles. The highest BCUT2D eigenvalue weighted by atomic mass is 79.9. The van der Waals surface area contributed by atoms with Crippen molar-refractivity contribution in [2.24, 2.45) is 5.73 Å². The Balaban J connectivity index is 2.44. The van der Waals surface area contributed by atoms with Crippen LogP contribution < -0.4 is 5.73 Å². The Kier molecular flexibility index (Phi) is 3.41. The number of thiazole rings is 1. The third-order valence-corrected chi connectivity index (χ3v) is 3.90. The Morgan fingerprint density at radius 1 is 1.33 bits per heavy atom. The Morgan fingerprint density at radius 3 is 2.53 bits per heavy atom. The van der Waals surface area contributed by atoms with E-state index in [4.69, 9.17) is 17.3 Å². The number of halogens is 2. The summed E-state index contributed by atoms with van der Waals surface area (Å²) in [5.41, 5.74) is 7.51. The molecule has 1 aromatic carbocycles. The summed E-state index contributed by atoms with van der Waals surface area (Å²) in [6, 6.07) is 7.60. The molecule has 0 spiro atoms. The topological polar surface area (TPSA) is 38.9 Å². The lowest BCUT2D eigenvalue weighted by Gasteiger charge is -1.97. The van der Waals surface area contributed by atoms with Gasteiger partial charge < -0.3 is 5.73 Å². The first-order valence-electron chi connectivity index (χ1n) is 4.32. The number of hydrogen-bond donors (Lipinski definition) is 1. The fourth-order valence-electron chi connectivity index (χ4n) is 1.22. The van der Waals surface area contributed by atoms with E-state index in [-0.39, 0.29) is 0 Å². The second kappa shape index (κ2) is 4.61. The van der Waals surface area contributed by atoms with Crippen LogP contribution in [0.25, 0.3) is 11.3 Å². The summed E-state index contributed by atoms with van der Waals surface area (Å²) in [6.07, 6.45) is 0. The van der Waals surface area contributed by atoms with Crippen LogP contribution in [0.2, 0.25) is 5.02 Å². The standard InChI is InChI=1S/C10H8BrClN2S/c11-10-9(14-8(5-13)15-10)6-1-3-7(12)4-2-6/h1-4H,5,13H2. The van der Waals surface area contributed by atoms with E-state index in [0.29, 0.717) is 6.54 Å².